The van der Waals surface area contributed by atoms with E-state index >= 15 is 0 Å². The van der Waals surface area contributed by atoms with Gasteiger partial charge < -0.3 is 0 Å². The summed E-state index contributed by atoms with van der Waals surface area (Å²) in [5.41, 5.74) is 1.15. The molecule has 1 aromatic carbocycles. The minimum atomic E-state index is -3.50. The predicted molar refractivity (Wildman–Crippen MR) is 62.7 cm³/mol. The fourth-order valence-corrected chi connectivity index (χ4v) is 2.38. The van der Waals surface area contributed by atoms with E-state index < -0.39 is 15.9 Å². The van der Waals surface area contributed by atoms with Crippen molar-refractivity contribution >= 4 is 15.9 Å². The summed E-state index contributed by atoms with van der Waals surface area (Å²) in [5, 5.41) is 0. The van der Waals surface area contributed by atoms with Gasteiger partial charge in [-0.15, -0.1) is 0 Å². The standard InChI is InChI=1S/C11H15NO3S/c1-3-8-16(14,15)12-11(13)10-7-5-4-6-9(10)2/h4-7H,3,8H2,1-2H3,(H,12,13). The highest BCUT2D eigenvalue weighted by atomic mass is 32.2. The summed E-state index contributed by atoms with van der Waals surface area (Å²) < 4.78 is 24.8. The van der Waals surface area contributed by atoms with Crippen LogP contribution in [-0.2, 0) is 10.0 Å². The Hall–Kier alpha value is -1.36. The highest BCUT2D eigenvalue weighted by Crippen LogP contribution is 2.07. The van der Waals surface area contributed by atoms with Crippen molar-refractivity contribution in [1.82, 2.24) is 4.72 Å². The molecule has 0 bridgehead atoms. The third-order valence-electron chi connectivity index (χ3n) is 2.11. The fraction of sp³-hybridized carbons (Fsp3) is 0.364. The number of sulfonamides is 1. The fourth-order valence-electron chi connectivity index (χ4n) is 1.34. The zero-order chi connectivity index (χ0) is 12.2. The van der Waals surface area contributed by atoms with Crippen LogP contribution in [0.4, 0.5) is 0 Å². The van der Waals surface area contributed by atoms with E-state index in [-0.39, 0.29) is 5.75 Å². The summed E-state index contributed by atoms with van der Waals surface area (Å²) in [6.07, 6.45) is 0.483. The number of carbonyl (C=O) groups excluding carboxylic acids is 1. The SMILES string of the molecule is CCCS(=O)(=O)NC(=O)c1ccccc1C. The van der Waals surface area contributed by atoms with Crippen molar-refractivity contribution < 1.29 is 13.2 Å². The van der Waals surface area contributed by atoms with E-state index in [0.29, 0.717) is 12.0 Å². The van der Waals surface area contributed by atoms with Gasteiger partial charge in [-0.1, -0.05) is 25.1 Å². The van der Waals surface area contributed by atoms with Gasteiger partial charge in [0, 0.05) is 5.56 Å². The molecule has 0 spiro atoms. The lowest BCUT2D eigenvalue weighted by Gasteiger charge is -2.07. The van der Waals surface area contributed by atoms with Crippen LogP contribution in [0.15, 0.2) is 24.3 Å². The number of hydrogen-bond acceptors (Lipinski definition) is 3. The molecule has 4 nitrogen and oxygen atoms in total. The maximum absolute atomic E-state index is 11.7. The lowest BCUT2D eigenvalue weighted by atomic mass is 10.1. The minimum absolute atomic E-state index is 0.0371. The molecular formula is C11H15NO3S. The quantitative estimate of drug-likeness (QED) is 0.868. The lowest BCUT2D eigenvalue weighted by molar-refractivity contribution is 0.0981. The van der Waals surface area contributed by atoms with Crippen molar-refractivity contribution in [3.63, 3.8) is 0 Å². The van der Waals surface area contributed by atoms with E-state index in [0.717, 1.165) is 5.56 Å². The minimum Gasteiger partial charge on any atom is -0.268 e. The van der Waals surface area contributed by atoms with Crippen LogP contribution in [0.1, 0.15) is 29.3 Å². The zero-order valence-corrected chi connectivity index (χ0v) is 10.2. The second-order valence-electron chi connectivity index (χ2n) is 3.56. The van der Waals surface area contributed by atoms with Crippen molar-refractivity contribution in [3.8, 4) is 0 Å². The number of benzene rings is 1. The van der Waals surface area contributed by atoms with Gasteiger partial charge >= 0.3 is 0 Å². The van der Waals surface area contributed by atoms with Crippen LogP contribution in [0.5, 0.6) is 0 Å². The molecule has 0 atom stereocenters. The van der Waals surface area contributed by atoms with Crippen molar-refractivity contribution in [3.05, 3.63) is 35.4 Å². The van der Waals surface area contributed by atoms with Gasteiger partial charge in [-0.05, 0) is 25.0 Å². The number of hydrogen-bond donors (Lipinski definition) is 1. The Balaban J connectivity index is 2.85. The molecule has 88 valence electrons. The van der Waals surface area contributed by atoms with Gasteiger partial charge in [-0.2, -0.15) is 0 Å². The van der Waals surface area contributed by atoms with E-state index in [2.05, 4.69) is 0 Å². The van der Waals surface area contributed by atoms with Gasteiger partial charge in [0.05, 0.1) is 5.75 Å². The molecule has 1 amide bonds. The summed E-state index contributed by atoms with van der Waals surface area (Å²) in [4.78, 5) is 11.7. The van der Waals surface area contributed by atoms with Crippen LogP contribution in [0, 0.1) is 6.92 Å². The number of aryl methyl sites for hydroxylation is 1. The molecule has 0 aliphatic carbocycles. The highest BCUT2D eigenvalue weighted by Gasteiger charge is 2.15. The second kappa shape index (κ2) is 5.12. The van der Waals surface area contributed by atoms with Crippen LogP contribution in [0.2, 0.25) is 0 Å². The van der Waals surface area contributed by atoms with E-state index in [4.69, 9.17) is 0 Å². The van der Waals surface area contributed by atoms with Crippen LogP contribution in [0.25, 0.3) is 0 Å². The summed E-state index contributed by atoms with van der Waals surface area (Å²) in [5.74, 6) is -0.600. The Morgan fingerprint density at radius 1 is 1.31 bits per heavy atom. The monoisotopic (exact) mass is 241 g/mol. The molecule has 0 heterocycles. The smallest absolute Gasteiger partial charge is 0.264 e. The van der Waals surface area contributed by atoms with E-state index in [1.54, 1.807) is 38.1 Å². The first kappa shape index (κ1) is 12.7. The van der Waals surface area contributed by atoms with Gasteiger partial charge in [0.25, 0.3) is 5.91 Å². The molecule has 16 heavy (non-hydrogen) atoms. The Bertz CT molecular complexity index is 480. The normalized spacial score (nSPS) is 11.1. The van der Waals surface area contributed by atoms with Gasteiger partial charge in [0.15, 0.2) is 0 Å². The third-order valence-corrected chi connectivity index (χ3v) is 3.55. The third kappa shape index (κ3) is 3.34. The predicted octanol–water partition coefficient (Wildman–Crippen LogP) is 1.46. The molecule has 0 saturated heterocycles. The lowest BCUT2D eigenvalue weighted by Crippen LogP contribution is -2.32. The number of nitrogens with one attached hydrogen (secondary N) is 1. The first-order valence-corrected chi connectivity index (χ1v) is 6.72. The van der Waals surface area contributed by atoms with Gasteiger partial charge in [-0.3, -0.25) is 4.79 Å². The molecule has 0 saturated carbocycles. The highest BCUT2D eigenvalue weighted by molar-refractivity contribution is 7.90. The average molecular weight is 241 g/mol. The Kier molecular flexibility index (Phi) is 4.06. The molecule has 5 heteroatoms. The van der Waals surface area contributed by atoms with Crippen molar-refractivity contribution in [2.45, 2.75) is 20.3 Å². The topological polar surface area (TPSA) is 63.2 Å². The number of rotatable bonds is 4. The first-order chi connectivity index (χ1) is 7.46. The van der Waals surface area contributed by atoms with Crippen LogP contribution >= 0.6 is 0 Å². The second-order valence-corrected chi connectivity index (χ2v) is 5.41. The molecule has 0 aromatic heterocycles. The maximum Gasteiger partial charge on any atom is 0.264 e. The largest absolute Gasteiger partial charge is 0.268 e. The first-order valence-electron chi connectivity index (χ1n) is 5.06. The van der Waals surface area contributed by atoms with Crippen LogP contribution < -0.4 is 4.72 Å². The van der Waals surface area contributed by atoms with Crippen molar-refractivity contribution in [1.29, 1.82) is 0 Å². The average Bonchev–Trinajstić information content (AvgIpc) is 2.17. The maximum atomic E-state index is 11.7. The van der Waals surface area contributed by atoms with Crippen LogP contribution in [0.3, 0.4) is 0 Å². The number of carbonyl (C=O) groups is 1. The summed E-state index contributed by atoms with van der Waals surface area (Å²) >= 11 is 0. The molecule has 0 aliphatic rings. The molecule has 0 radical (unpaired) electrons. The Morgan fingerprint density at radius 2 is 1.94 bits per heavy atom. The summed E-state index contributed by atoms with van der Waals surface area (Å²) in [7, 11) is -3.50. The van der Waals surface area contributed by atoms with Gasteiger partial charge in [0.2, 0.25) is 10.0 Å². The van der Waals surface area contributed by atoms with Crippen molar-refractivity contribution in [2.24, 2.45) is 0 Å². The summed E-state index contributed by atoms with van der Waals surface area (Å²) in [6.45, 7) is 3.51. The molecule has 1 N–H and O–H groups in total. The molecular weight excluding hydrogens is 226 g/mol. The molecule has 0 aliphatic heterocycles. The van der Waals surface area contributed by atoms with Crippen molar-refractivity contribution in [2.75, 3.05) is 5.75 Å². The Labute approximate surface area is 95.7 Å². The van der Waals surface area contributed by atoms with E-state index in [1.807, 2.05) is 4.72 Å². The molecule has 1 rings (SSSR count). The van der Waals surface area contributed by atoms with E-state index in [1.165, 1.54) is 0 Å². The van der Waals surface area contributed by atoms with Crippen LogP contribution in [-0.4, -0.2) is 20.1 Å². The molecule has 1 aromatic rings. The molecule has 0 fully saturated rings. The summed E-state index contributed by atoms with van der Waals surface area (Å²) in [6, 6.07) is 6.87. The molecule has 0 unspecified atom stereocenters. The Morgan fingerprint density at radius 3 is 2.50 bits per heavy atom. The number of amides is 1. The van der Waals surface area contributed by atoms with E-state index in [9.17, 15) is 13.2 Å². The van der Waals surface area contributed by atoms with Gasteiger partial charge in [-0.25, -0.2) is 13.1 Å². The van der Waals surface area contributed by atoms with Gasteiger partial charge in [0.1, 0.15) is 0 Å². The zero-order valence-electron chi connectivity index (χ0n) is 9.36.